The summed E-state index contributed by atoms with van der Waals surface area (Å²) in [5, 5.41) is 2.76. The Morgan fingerprint density at radius 1 is 1.10 bits per heavy atom. The average molecular weight is 426 g/mol. The van der Waals surface area contributed by atoms with E-state index in [0.717, 1.165) is 5.56 Å². The highest BCUT2D eigenvalue weighted by molar-refractivity contribution is 6.02. The molecule has 0 radical (unpaired) electrons. The molecule has 0 unspecified atom stereocenters. The lowest BCUT2D eigenvalue weighted by molar-refractivity contribution is -0.111. The van der Waals surface area contributed by atoms with Crippen LogP contribution in [0.1, 0.15) is 11.1 Å². The first kappa shape index (κ1) is 21.8. The molecule has 0 bridgehead atoms. The molecule has 0 aliphatic heterocycles. The summed E-state index contributed by atoms with van der Waals surface area (Å²) in [4.78, 5) is 16.3. The van der Waals surface area contributed by atoms with E-state index in [1.54, 1.807) is 48.8 Å². The van der Waals surface area contributed by atoms with Crippen molar-refractivity contribution in [1.29, 1.82) is 0 Å². The van der Waals surface area contributed by atoms with Gasteiger partial charge in [-0.15, -0.1) is 0 Å². The summed E-state index contributed by atoms with van der Waals surface area (Å²) in [5.41, 5.74) is 2.03. The van der Waals surface area contributed by atoms with Gasteiger partial charge in [-0.1, -0.05) is 6.07 Å². The van der Waals surface area contributed by atoms with Crippen LogP contribution in [0.3, 0.4) is 0 Å². The predicted molar refractivity (Wildman–Crippen MR) is 113 cm³/mol. The quantitative estimate of drug-likeness (QED) is 0.486. The number of hydrogen-bond donors (Lipinski definition) is 1. The minimum absolute atomic E-state index is 0.0804. The van der Waals surface area contributed by atoms with Crippen molar-refractivity contribution in [2.24, 2.45) is 0 Å². The molecule has 0 atom stereocenters. The minimum Gasteiger partial charge on any atom is -0.493 e. The first-order chi connectivity index (χ1) is 14.9. The van der Waals surface area contributed by atoms with E-state index in [2.05, 4.69) is 15.0 Å². The number of amides is 1. The molecule has 1 amide bonds. The van der Waals surface area contributed by atoms with Crippen LogP contribution in [-0.2, 0) is 4.79 Å². The molecule has 2 aromatic carbocycles. The van der Waals surface area contributed by atoms with Crippen LogP contribution < -0.4 is 19.5 Å². The average Bonchev–Trinajstić information content (AvgIpc) is 2.75. The van der Waals surface area contributed by atoms with Crippen LogP contribution in [0.25, 0.3) is 6.08 Å². The van der Waals surface area contributed by atoms with Crippen LogP contribution in [-0.4, -0.2) is 24.6 Å². The second-order valence-electron chi connectivity index (χ2n) is 6.38. The van der Waals surface area contributed by atoms with E-state index in [1.165, 1.54) is 31.4 Å². The number of nitrogens with zero attached hydrogens (tertiary/aromatic N) is 1. The van der Waals surface area contributed by atoms with Gasteiger partial charge < -0.3 is 19.5 Å². The van der Waals surface area contributed by atoms with Crippen LogP contribution >= 0.6 is 0 Å². The summed E-state index contributed by atoms with van der Waals surface area (Å²) in [6, 6.07) is 13.2. The third kappa shape index (κ3) is 6.27. The fourth-order valence-electron chi connectivity index (χ4n) is 2.71. The van der Waals surface area contributed by atoms with Crippen molar-refractivity contribution < 1.29 is 27.8 Å². The first-order valence-electron chi connectivity index (χ1n) is 9.25. The number of ether oxygens (including phenoxy) is 3. The van der Waals surface area contributed by atoms with E-state index < -0.39 is 6.61 Å². The van der Waals surface area contributed by atoms with E-state index in [0.29, 0.717) is 22.7 Å². The van der Waals surface area contributed by atoms with E-state index in [-0.39, 0.29) is 17.4 Å². The smallest absolute Gasteiger partial charge is 0.387 e. The largest absolute Gasteiger partial charge is 0.493 e. The van der Waals surface area contributed by atoms with Crippen molar-refractivity contribution in [3.8, 4) is 23.0 Å². The molecule has 1 N–H and O–H groups in total. The second-order valence-corrected chi connectivity index (χ2v) is 6.38. The molecule has 6 nitrogen and oxygen atoms in total. The molecular formula is C23H20F2N2O4. The van der Waals surface area contributed by atoms with Gasteiger partial charge in [-0.25, -0.2) is 0 Å². The number of pyridine rings is 1. The van der Waals surface area contributed by atoms with E-state index in [9.17, 15) is 13.6 Å². The number of carbonyl (C=O) groups is 1. The Labute approximate surface area is 178 Å². The lowest BCUT2D eigenvalue weighted by Gasteiger charge is -2.11. The second kappa shape index (κ2) is 10.2. The third-order valence-corrected chi connectivity index (χ3v) is 4.14. The molecule has 0 fully saturated rings. The lowest BCUT2D eigenvalue weighted by atomic mass is 10.1. The van der Waals surface area contributed by atoms with Gasteiger partial charge in [0.05, 0.1) is 13.3 Å². The van der Waals surface area contributed by atoms with Gasteiger partial charge in [0.2, 0.25) is 5.91 Å². The highest BCUT2D eigenvalue weighted by Gasteiger charge is 2.10. The molecule has 8 heteroatoms. The standard InChI is InChI=1S/C23H20F2N2O4/c1-15-12-17(7-9-19(15)30-18-4-3-11-26-14-18)27-22(28)10-6-16-5-8-20(31-23(24)25)21(13-16)29-2/h3-14,23H,1-2H3,(H,27,28)/b10-6+. The maximum atomic E-state index is 12.4. The summed E-state index contributed by atoms with van der Waals surface area (Å²) in [6.45, 7) is -1.09. The molecule has 0 aliphatic carbocycles. The van der Waals surface area contributed by atoms with Gasteiger partial charge in [-0.2, -0.15) is 8.78 Å². The van der Waals surface area contributed by atoms with Gasteiger partial charge in [0.15, 0.2) is 11.5 Å². The normalized spacial score (nSPS) is 10.9. The van der Waals surface area contributed by atoms with Gasteiger partial charge in [0, 0.05) is 18.0 Å². The number of carbonyl (C=O) groups excluding carboxylic acids is 1. The van der Waals surface area contributed by atoms with Crippen LogP contribution in [0.5, 0.6) is 23.0 Å². The predicted octanol–water partition coefficient (Wildman–Crippen LogP) is 5.44. The van der Waals surface area contributed by atoms with Crippen molar-refractivity contribution in [3.05, 3.63) is 78.1 Å². The minimum atomic E-state index is -2.95. The maximum absolute atomic E-state index is 12.4. The van der Waals surface area contributed by atoms with Crippen molar-refractivity contribution in [2.45, 2.75) is 13.5 Å². The number of hydrogen-bond acceptors (Lipinski definition) is 5. The Morgan fingerprint density at radius 3 is 2.58 bits per heavy atom. The van der Waals surface area contributed by atoms with Crippen molar-refractivity contribution in [1.82, 2.24) is 4.98 Å². The van der Waals surface area contributed by atoms with Gasteiger partial charge in [-0.05, 0) is 66.6 Å². The maximum Gasteiger partial charge on any atom is 0.387 e. The molecule has 3 aromatic rings. The number of halogens is 2. The Hall–Kier alpha value is -3.94. The zero-order valence-corrected chi connectivity index (χ0v) is 16.8. The third-order valence-electron chi connectivity index (χ3n) is 4.14. The van der Waals surface area contributed by atoms with Crippen molar-refractivity contribution in [2.75, 3.05) is 12.4 Å². The summed E-state index contributed by atoms with van der Waals surface area (Å²) < 4.78 is 40.0. The van der Waals surface area contributed by atoms with Gasteiger partial charge in [-0.3, -0.25) is 9.78 Å². The Morgan fingerprint density at radius 2 is 1.90 bits per heavy atom. The van der Waals surface area contributed by atoms with Gasteiger partial charge >= 0.3 is 6.61 Å². The first-order valence-corrected chi connectivity index (χ1v) is 9.25. The number of aryl methyl sites for hydroxylation is 1. The molecule has 160 valence electrons. The number of methoxy groups -OCH3 is 1. The van der Waals surface area contributed by atoms with Crippen LogP contribution in [0.2, 0.25) is 0 Å². The topological polar surface area (TPSA) is 69.7 Å². The molecule has 0 spiro atoms. The zero-order chi connectivity index (χ0) is 22.2. The fraction of sp³-hybridized carbons (Fsp3) is 0.130. The fourth-order valence-corrected chi connectivity index (χ4v) is 2.71. The number of anilines is 1. The molecule has 0 aliphatic rings. The molecule has 0 saturated carbocycles. The van der Waals surface area contributed by atoms with Crippen molar-refractivity contribution >= 4 is 17.7 Å². The molecule has 1 heterocycles. The summed E-state index contributed by atoms with van der Waals surface area (Å²) in [5.74, 6) is 0.975. The monoisotopic (exact) mass is 426 g/mol. The van der Waals surface area contributed by atoms with Crippen LogP contribution in [0.15, 0.2) is 67.0 Å². The Kier molecular flexibility index (Phi) is 7.16. The molecule has 0 saturated heterocycles. The Bertz CT molecular complexity index is 1070. The van der Waals surface area contributed by atoms with Gasteiger partial charge in [0.25, 0.3) is 0 Å². The molecular weight excluding hydrogens is 406 g/mol. The summed E-state index contributed by atoms with van der Waals surface area (Å²) in [7, 11) is 1.35. The van der Waals surface area contributed by atoms with Crippen LogP contribution in [0.4, 0.5) is 14.5 Å². The molecule has 31 heavy (non-hydrogen) atoms. The van der Waals surface area contributed by atoms with Crippen molar-refractivity contribution in [3.63, 3.8) is 0 Å². The van der Waals surface area contributed by atoms with Gasteiger partial charge in [0.1, 0.15) is 11.5 Å². The highest BCUT2D eigenvalue weighted by atomic mass is 19.3. The highest BCUT2D eigenvalue weighted by Crippen LogP contribution is 2.30. The SMILES string of the molecule is COc1cc(/C=C/C(=O)Nc2ccc(Oc3cccnc3)c(C)c2)ccc1OC(F)F. The lowest BCUT2D eigenvalue weighted by Crippen LogP contribution is -2.08. The molecule has 1 aromatic heterocycles. The number of rotatable bonds is 8. The number of nitrogens with one attached hydrogen (secondary N) is 1. The van der Waals surface area contributed by atoms with E-state index >= 15 is 0 Å². The Balaban J connectivity index is 1.64. The van der Waals surface area contributed by atoms with Crippen LogP contribution in [0, 0.1) is 6.92 Å². The number of alkyl halides is 2. The summed E-state index contributed by atoms with van der Waals surface area (Å²) >= 11 is 0. The number of aromatic nitrogens is 1. The summed E-state index contributed by atoms with van der Waals surface area (Å²) in [6.07, 6.45) is 6.14. The molecule has 3 rings (SSSR count). The van der Waals surface area contributed by atoms with E-state index in [1.807, 2.05) is 6.92 Å². The van der Waals surface area contributed by atoms with E-state index in [4.69, 9.17) is 9.47 Å². The zero-order valence-electron chi connectivity index (χ0n) is 16.8. The number of benzene rings is 2.